The van der Waals surface area contributed by atoms with E-state index in [0.717, 1.165) is 65.0 Å². The highest BCUT2D eigenvalue weighted by Gasteiger charge is 2.50. The molecule has 4 N–H and O–H groups in total. The van der Waals surface area contributed by atoms with E-state index >= 15 is 0 Å². The first kappa shape index (κ1) is 38.2. The van der Waals surface area contributed by atoms with Crippen molar-refractivity contribution in [1.29, 1.82) is 0 Å². The predicted molar refractivity (Wildman–Crippen MR) is 209 cm³/mol. The number of benzene rings is 4. The Kier molecular flexibility index (Phi) is 12.2. The lowest BCUT2D eigenvalue weighted by atomic mass is 9.85. The monoisotopic (exact) mass is 746 g/mol. The SMILES string of the molecule is O=C(O)CCCCC(=O)NCc1cccc(-c2cccc(C3OC(CN4CCC5(CC4)C(=O)NCN5c4ccccc4)CC(c4ccc(CO)cc4)O3)c2)c1. The van der Waals surface area contributed by atoms with Crippen LogP contribution in [0.1, 0.15) is 79.6 Å². The second kappa shape index (κ2) is 17.6. The number of piperidine rings is 1. The van der Waals surface area contributed by atoms with E-state index < -0.39 is 17.8 Å². The zero-order valence-corrected chi connectivity index (χ0v) is 31.1. The number of amides is 2. The second-order valence-corrected chi connectivity index (χ2v) is 14.8. The van der Waals surface area contributed by atoms with Crippen molar-refractivity contribution in [2.24, 2.45) is 0 Å². The van der Waals surface area contributed by atoms with Gasteiger partial charge in [-0.05, 0) is 77.8 Å². The standard InChI is InChI=1S/C44H50N4O7/c49-29-31-16-18-33(19-17-31)39-26-38(28-47-22-20-44(21-23-47)43(53)46-30-48(44)37-12-2-1-3-13-37)54-42(55-39)36-11-7-10-35(25-36)34-9-6-8-32(24-34)27-45-40(50)14-4-5-15-41(51)52/h1-3,6-13,16-19,24-25,38-39,42,49H,4-5,14-15,20-23,26-30H2,(H,45,50)(H,46,53)(H,51,52). The summed E-state index contributed by atoms with van der Waals surface area (Å²) >= 11 is 0. The molecule has 1 spiro atoms. The third-order valence-corrected chi connectivity index (χ3v) is 11.1. The number of aliphatic carboxylic acids is 1. The molecule has 3 saturated heterocycles. The van der Waals surface area contributed by atoms with Crippen LogP contribution in [0, 0.1) is 0 Å². The highest BCUT2D eigenvalue weighted by molar-refractivity contribution is 5.93. The van der Waals surface area contributed by atoms with Gasteiger partial charge in [-0.2, -0.15) is 0 Å². The van der Waals surface area contributed by atoms with Crippen LogP contribution in [0.15, 0.2) is 103 Å². The van der Waals surface area contributed by atoms with Gasteiger partial charge in [0.2, 0.25) is 11.8 Å². The minimum absolute atomic E-state index is 0.0225. The van der Waals surface area contributed by atoms with Gasteiger partial charge in [0, 0.05) is 56.7 Å². The van der Waals surface area contributed by atoms with Gasteiger partial charge in [0.1, 0.15) is 5.54 Å². The van der Waals surface area contributed by atoms with E-state index in [4.69, 9.17) is 14.6 Å². The summed E-state index contributed by atoms with van der Waals surface area (Å²) in [5, 5.41) is 24.5. The number of nitrogens with one attached hydrogen (secondary N) is 2. The van der Waals surface area contributed by atoms with Crippen LogP contribution in [0.3, 0.4) is 0 Å². The first-order valence-corrected chi connectivity index (χ1v) is 19.3. The van der Waals surface area contributed by atoms with Crippen molar-refractivity contribution in [1.82, 2.24) is 15.5 Å². The summed E-state index contributed by atoms with van der Waals surface area (Å²) in [6.07, 6.45) is 2.54. The van der Waals surface area contributed by atoms with Gasteiger partial charge in [-0.3, -0.25) is 14.4 Å². The molecule has 3 heterocycles. The minimum atomic E-state index is -0.848. The Labute approximate surface area is 322 Å². The van der Waals surface area contributed by atoms with Crippen LogP contribution >= 0.6 is 0 Å². The fourth-order valence-electron chi connectivity index (χ4n) is 8.04. The van der Waals surface area contributed by atoms with Crippen LogP contribution in [0.25, 0.3) is 11.1 Å². The van der Waals surface area contributed by atoms with Crippen LogP contribution < -0.4 is 15.5 Å². The van der Waals surface area contributed by atoms with Gasteiger partial charge >= 0.3 is 5.97 Å². The number of carboxylic acids is 1. The summed E-state index contributed by atoms with van der Waals surface area (Å²) in [5.41, 5.74) is 6.24. The molecule has 0 saturated carbocycles. The molecule has 4 aromatic carbocycles. The molecular formula is C44H50N4O7. The number of unbranched alkanes of at least 4 members (excludes halogenated alkanes) is 1. The molecule has 11 heteroatoms. The van der Waals surface area contributed by atoms with Crippen molar-refractivity contribution in [2.75, 3.05) is 31.2 Å². The number of hydrogen-bond donors (Lipinski definition) is 4. The maximum atomic E-state index is 13.3. The quantitative estimate of drug-likeness (QED) is 0.113. The Morgan fingerprint density at radius 3 is 2.29 bits per heavy atom. The number of aliphatic hydroxyl groups is 1. The van der Waals surface area contributed by atoms with Gasteiger partial charge in [-0.15, -0.1) is 0 Å². The molecule has 7 rings (SSSR count). The summed E-state index contributed by atoms with van der Waals surface area (Å²) in [4.78, 5) is 41.0. The number of carboxylic acid groups (broad SMARTS) is 1. The third kappa shape index (κ3) is 9.25. The zero-order valence-electron chi connectivity index (χ0n) is 31.1. The normalized spacial score (nSPS) is 21.0. The lowest BCUT2D eigenvalue weighted by Crippen LogP contribution is -2.57. The van der Waals surface area contributed by atoms with Crippen molar-refractivity contribution in [3.8, 4) is 11.1 Å². The fourth-order valence-corrected chi connectivity index (χ4v) is 8.04. The number of carbonyl (C=O) groups excluding carboxylic acids is 2. The molecule has 3 fully saturated rings. The van der Waals surface area contributed by atoms with E-state index in [2.05, 4.69) is 50.8 Å². The number of ether oxygens (including phenoxy) is 2. The predicted octanol–water partition coefficient (Wildman–Crippen LogP) is 6.08. The van der Waals surface area contributed by atoms with Crippen LogP contribution in [-0.4, -0.2) is 70.8 Å². The molecule has 0 bridgehead atoms. The molecule has 0 radical (unpaired) electrons. The van der Waals surface area contributed by atoms with Gasteiger partial charge < -0.3 is 40.1 Å². The highest BCUT2D eigenvalue weighted by atomic mass is 16.7. The average Bonchev–Trinajstić information content (AvgIpc) is 3.54. The number of likely N-dealkylation sites (tertiary alicyclic amines) is 1. The van der Waals surface area contributed by atoms with E-state index in [1.54, 1.807) is 0 Å². The van der Waals surface area contributed by atoms with Crippen LogP contribution in [-0.2, 0) is 37.0 Å². The Morgan fingerprint density at radius 2 is 1.55 bits per heavy atom. The van der Waals surface area contributed by atoms with Crippen molar-refractivity contribution in [2.45, 2.75) is 82.1 Å². The molecule has 0 aromatic heterocycles. The molecule has 3 aliphatic rings. The first-order valence-electron chi connectivity index (χ1n) is 19.3. The maximum absolute atomic E-state index is 13.3. The first-order chi connectivity index (χ1) is 26.8. The lowest BCUT2D eigenvalue weighted by molar-refractivity contribution is -0.253. The minimum Gasteiger partial charge on any atom is -0.481 e. The Balaban J connectivity index is 1.04. The number of carbonyl (C=O) groups is 3. The lowest BCUT2D eigenvalue weighted by Gasteiger charge is -2.45. The van der Waals surface area contributed by atoms with Gasteiger partial charge in [0.15, 0.2) is 6.29 Å². The second-order valence-electron chi connectivity index (χ2n) is 14.8. The summed E-state index contributed by atoms with van der Waals surface area (Å²) in [6, 6.07) is 34.3. The van der Waals surface area contributed by atoms with Crippen molar-refractivity contribution >= 4 is 23.5 Å². The molecule has 3 atom stereocenters. The summed E-state index contributed by atoms with van der Waals surface area (Å²) in [5.74, 6) is -0.842. The zero-order chi connectivity index (χ0) is 38.2. The van der Waals surface area contributed by atoms with E-state index in [9.17, 15) is 19.5 Å². The number of rotatable bonds is 14. The Bertz CT molecular complexity index is 1930. The molecule has 2 amide bonds. The van der Waals surface area contributed by atoms with E-state index in [0.29, 0.717) is 45.4 Å². The Hall–Kier alpha value is -5.07. The average molecular weight is 747 g/mol. The van der Waals surface area contributed by atoms with Crippen LogP contribution in [0.2, 0.25) is 0 Å². The van der Waals surface area contributed by atoms with Crippen molar-refractivity contribution in [3.63, 3.8) is 0 Å². The topological polar surface area (TPSA) is 141 Å². The molecule has 3 unspecified atom stereocenters. The van der Waals surface area contributed by atoms with Crippen molar-refractivity contribution < 1.29 is 34.1 Å². The van der Waals surface area contributed by atoms with Crippen LogP contribution in [0.5, 0.6) is 0 Å². The largest absolute Gasteiger partial charge is 0.481 e. The molecular weight excluding hydrogens is 697 g/mol. The third-order valence-electron chi connectivity index (χ3n) is 11.1. The fraction of sp³-hybridized carbons (Fsp3) is 0.386. The molecule has 0 aliphatic carbocycles. The molecule has 288 valence electrons. The number of para-hydroxylation sites is 1. The molecule has 4 aromatic rings. The number of hydrogen-bond acceptors (Lipinski definition) is 8. The smallest absolute Gasteiger partial charge is 0.303 e. The summed E-state index contributed by atoms with van der Waals surface area (Å²) in [7, 11) is 0. The Morgan fingerprint density at radius 1 is 0.818 bits per heavy atom. The van der Waals surface area contributed by atoms with Gasteiger partial charge in [-0.25, -0.2) is 0 Å². The van der Waals surface area contributed by atoms with E-state index in [1.807, 2.05) is 72.8 Å². The molecule has 3 aliphatic heterocycles. The van der Waals surface area contributed by atoms with Crippen LogP contribution in [0.4, 0.5) is 5.69 Å². The van der Waals surface area contributed by atoms with Crippen molar-refractivity contribution in [3.05, 3.63) is 125 Å². The molecule has 11 nitrogen and oxygen atoms in total. The van der Waals surface area contributed by atoms with E-state index in [-0.39, 0.29) is 37.0 Å². The van der Waals surface area contributed by atoms with Gasteiger partial charge in [-0.1, -0.05) is 78.9 Å². The number of aliphatic hydroxyl groups excluding tert-OH is 1. The summed E-state index contributed by atoms with van der Waals surface area (Å²) in [6.45, 7) is 3.13. The molecule has 55 heavy (non-hydrogen) atoms. The number of nitrogens with zero attached hydrogens (tertiary/aromatic N) is 2. The van der Waals surface area contributed by atoms with Gasteiger partial charge in [0.25, 0.3) is 0 Å². The number of anilines is 1. The van der Waals surface area contributed by atoms with Gasteiger partial charge in [0.05, 0.1) is 25.5 Å². The van der Waals surface area contributed by atoms with E-state index in [1.165, 1.54) is 0 Å². The maximum Gasteiger partial charge on any atom is 0.303 e. The highest BCUT2D eigenvalue weighted by Crippen LogP contribution is 2.41. The summed E-state index contributed by atoms with van der Waals surface area (Å²) < 4.78 is 13.5.